The second-order valence-electron chi connectivity index (χ2n) is 4.21. The van der Waals surface area contributed by atoms with Crippen LogP contribution in [-0.2, 0) is 6.54 Å². The number of hydrogen-bond acceptors (Lipinski definition) is 4. The van der Waals surface area contributed by atoms with E-state index >= 15 is 0 Å². The zero-order valence-electron chi connectivity index (χ0n) is 9.52. The van der Waals surface area contributed by atoms with E-state index in [2.05, 4.69) is 10.3 Å². The number of aromatic nitrogens is 1. The summed E-state index contributed by atoms with van der Waals surface area (Å²) >= 11 is 0. The van der Waals surface area contributed by atoms with Gasteiger partial charge in [-0.3, -0.25) is 0 Å². The van der Waals surface area contributed by atoms with Crippen LogP contribution in [0.3, 0.4) is 0 Å². The zero-order chi connectivity index (χ0) is 11.4. The van der Waals surface area contributed by atoms with Crippen molar-refractivity contribution in [3.63, 3.8) is 0 Å². The summed E-state index contributed by atoms with van der Waals surface area (Å²) in [4.78, 5) is 4.28. The van der Waals surface area contributed by atoms with Gasteiger partial charge in [-0.05, 0) is 24.8 Å². The fraction of sp³-hybridized carbons (Fsp3) is 0.583. The van der Waals surface area contributed by atoms with Gasteiger partial charge in [0.2, 0.25) is 5.88 Å². The van der Waals surface area contributed by atoms with E-state index in [1.54, 1.807) is 7.11 Å². The minimum absolute atomic E-state index is 0.203. The molecule has 1 aromatic rings. The summed E-state index contributed by atoms with van der Waals surface area (Å²) in [6.45, 7) is 1.31. The first-order valence-electron chi connectivity index (χ1n) is 5.68. The maximum absolute atomic E-state index is 9.66. The molecule has 0 amide bonds. The van der Waals surface area contributed by atoms with E-state index in [-0.39, 0.29) is 6.10 Å². The van der Waals surface area contributed by atoms with Gasteiger partial charge in [-0.2, -0.15) is 0 Å². The van der Waals surface area contributed by atoms with Crippen LogP contribution in [0.5, 0.6) is 5.88 Å². The molecule has 16 heavy (non-hydrogen) atoms. The molecule has 88 valence electrons. The van der Waals surface area contributed by atoms with Gasteiger partial charge in [0.05, 0.1) is 18.9 Å². The molecule has 1 saturated carbocycles. The molecular formula is C12H18N2O2. The van der Waals surface area contributed by atoms with Crippen LogP contribution in [0, 0.1) is 5.92 Å². The molecule has 4 heteroatoms. The van der Waals surface area contributed by atoms with E-state index in [9.17, 15) is 5.11 Å². The van der Waals surface area contributed by atoms with Crippen molar-refractivity contribution in [1.29, 1.82) is 0 Å². The van der Waals surface area contributed by atoms with E-state index in [1.165, 1.54) is 12.8 Å². The van der Waals surface area contributed by atoms with Crippen molar-refractivity contribution < 1.29 is 9.84 Å². The van der Waals surface area contributed by atoms with Crippen LogP contribution in [0.15, 0.2) is 18.2 Å². The standard InChI is InChI=1S/C12H18N2O2/c1-16-12-4-2-3-10(14-12)7-13-8-11(15)9-5-6-9/h2-4,9,11,13,15H,5-8H2,1H3. The van der Waals surface area contributed by atoms with Crippen molar-refractivity contribution in [3.8, 4) is 5.88 Å². The van der Waals surface area contributed by atoms with Gasteiger partial charge in [0.15, 0.2) is 0 Å². The number of hydrogen-bond donors (Lipinski definition) is 2. The number of pyridine rings is 1. The molecule has 1 unspecified atom stereocenters. The second-order valence-corrected chi connectivity index (χ2v) is 4.21. The van der Waals surface area contributed by atoms with E-state index in [0.717, 1.165) is 5.69 Å². The van der Waals surface area contributed by atoms with Crippen LogP contribution in [0.4, 0.5) is 0 Å². The SMILES string of the molecule is COc1cccc(CNCC(O)C2CC2)n1. The number of aliphatic hydroxyl groups is 1. The van der Waals surface area contributed by atoms with Gasteiger partial charge in [0.25, 0.3) is 0 Å². The number of ether oxygens (including phenoxy) is 1. The Bertz CT molecular complexity index is 340. The summed E-state index contributed by atoms with van der Waals surface area (Å²) in [6.07, 6.45) is 2.13. The van der Waals surface area contributed by atoms with Crippen LogP contribution in [0.25, 0.3) is 0 Å². The summed E-state index contributed by atoms with van der Waals surface area (Å²) < 4.78 is 5.04. The summed E-state index contributed by atoms with van der Waals surface area (Å²) in [6, 6.07) is 5.68. The van der Waals surface area contributed by atoms with E-state index in [0.29, 0.717) is 24.9 Å². The molecule has 1 fully saturated rings. The molecule has 1 aliphatic rings. The number of nitrogens with one attached hydrogen (secondary N) is 1. The van der Waals surface area contributed by atoms with E-state index in [4.69, 9.17) is 4.74 Å². The molecule has 1 heterocycles. The van der Waals surface area contributed by atoms with Gasteiger partial charge >= 0.3 is 0 Å². The number of methoxy groups -OCH3 is 1. The Kier molecular flexibility index (Phi) is 3.74. The van der Waals surface area contributed by atoms with Gasteiger partial charge in [-0.25, -0.2) is 4.98 Å². The van der Waals surface area contributed by atoms with Gasteiger partial charge < -0.3 is 15.2 Å². The lowest BCUT2D eigenvalue weighted by Crippen LogP contribution is -2.28. The predicted molar refractivity (Wildman–Crippen MR) is 61.2 cm³/mol. The highest BCUT2D eigenvalue weighted by molar-refractivity contribution is 5.15. The molecule has 0 bridgehead atoms. The summed E-state index contributed by atoms with van der Waals surface area (Å²) in [5.41, 5.74) is 0.933. The molecule has 2 rings (SSSR count). The Labute approximate surface area is 95.7 Å². The highest BCUT2D eigenvalue weighted by Gasteiger charge is 2.28. The quantitative estimate of drug-likeness (QED) is 0.752. The highest BCUT2D eigenvalue weighted by Crippen LogP contribution is 2.32. The molecule has 1 atom stereocenters. The normalized spacial score (nSPS) is 17.1. The first-order valence-corrected chi connectivity index (χ1v) is 5.68. The Morgan fingerprint density at radius 2 is 2.38 bits per heavy atom. The monoisotopic (exact) mass is 222 g/mol. The molecule has 1 aliphatic carbocycles. The largest absolute Gasteiger partial charge is 0.481 e. The van der Waals surface area contributed by atoms with E-state index < -0.39 is 0 Å². The first kappa shape index (κ1) is 11.4. The summed E-state index contributed by atoms with van der Waals surface area (Å²) in [5.74, 6) is 1.15. The third kappa shape index (κ3) is 3.18. The molecule has 1 aromatic heterocycles. The molecule has 0 radical (unpaired) electrons. The molecule has 0 aliphatic heterocycles. The van der Waals surface area contributed by atoms with Crippen molar-refractivity contribution in [3.05, 3.63) is 23.9 Å². The number of nitrogens with zero attached hydrogens (tertiary/aromatic N) is 1. The van der Waals surface area contributed by atoms with E-state index in [1.807, 2.05) is 18.2 Å². The average molecular weight is 222 g/mol. The number of rotatable bonds is 6. The van der Waals surface area contributed by atoms with Crippen LogP contribution in [0.1, 0.15) is 18.5 Å². The molecule has 0 aromatic carbocycles. The van der Waals surface area contributed by atoms with Crippen molar-refractivity contribution in [2.24, 2.45) is 5.92 Å². The fourth-order valence-corrected chi connectivity index (χ4v) is 1.67. The van der Waals surface area contributed by atoms with Gasteiger partial charge in [-0.15, -0.1) is 0 Å². The lowest BCUT2D eigenvalue weighted by Gasteiger charge is -2.10. The molecule has 4 nitrogen and oxygen atoms in total. The summed E-state index contributed by atoms with van der Waals surface area (Å²) in [5, 5.41) is 12.9. The van der Waals surface area contributed by atoms with Crippen LogP contribution in [-0.4, -0.2) is 29.8 Å². The minimum Gasteiger partial charge on any atom is -0.481 e. The Balaban J connectivity index is 1.75. The molecular weight excluding hydrogens is 204 g/mol. The molecule has 2 N–H and O–H groups in total. The van der Waals surface area contributed by atoms with Crippen molar-refractivity contribution in [1.82, 2.24) is 10.3 Å². The van der Waals surface area contributed by atoms with Crippen LogP contribution >= 0.6 is 0 Å². The first-order chi connectivity index (χ1) is 7.79. The minimum atomic E-state index is -0.203. The van der Waals surface area contributed by atoms with Crippen molar-refractivity contribution in [2.75, 3.05) is 13.7 Å². The average Bonchev–Trinajstić information content (AvgIpc) is 3.13. The van der Waals surface area contributed by atoms with Gasteiger partial charge in [0, 0.05) is 19.2 Å². The fourth-order valence-electron chi connectivity index (χ4n) is 1.67. The predicted octanol–water partition coefficient (Wildman–Crippen LogP) is 0.951. The number of aliphatic hydroxyl groups excluding tert-OH is 1. The molecule has 0 spiro atoms. The third-order valence-corrected chi connectivity index (χ3v) is 2.82. The van der Waals surface area contributed by atoms with Gasteiger partial charge in [0.1, 0.15) is 0 Å². The van der Waals surface area contributed by atoms with Crippen molar-refractivity contribution in [2.45, 2.75) is 25.5 Å². The molecule has 0 saturated heterocycles. The second kappa shape index (κ2) is 5.27. The Morgan fingerprint density at radius 3 is 3.06 bits per heavy atom. The topological polar surface area (TPSA) is 54.4 Å². The summed E-state index contributed by atoms with van der Waals surface area (Å²) in [7, 11) is 1.61. The smallest absolute Gasteiger partial charge is 0.213 e. The maximum Gasteiger partial charge on any atom is 0.213 e. The lowest BCUT2D eigenvalue weighted by molar-refractivity contribution is 0.148. The van der Waals surface area contributed by atoms with Gasteiger partial charge in [-0.1, -0.05) is 6.07 Å². The maximum atomic E-state index is 9.66. The van der Waals surface area contributed by atoms with Crippen molar-refractivity contribution >= 4 is 0 Å². The zero-order valence-corrected chi connectivity index (χ0v) is 9.52. The highest BCUT2D eigenvalue weighted by atomic mass is 16.5. The third-order valence-electron chi connectivity index (χ3n) is 2.82. The van der Waals surface area contributed by atoms with Crippen LogP contribution in [0.2, 0.25) is 0 Å². The Hall–Kier alpha value is -1.13. The van der Waals surface area contributed by atoms with Crippen LogP contribution < -0.4 is 10.1 Å². The lowest BCUT2D eigenvalue weighted by atomic mass is 10.2. The Morgan fingerprint density at radius 1 is 1.56 bits per heavy atom.